The van der Waals surface area contributed by atoms with Crippen LogP contribution in [-0.4, -0.2) is 25.6 Å². The van der Waals surface area contributed by atoms with Crippen molar-refractivity contribution in [3.05, 3.63) is 11.1 Å². The maximum absolute atomic E-state index is 4.65. The molecule has 0 atom stereocenters. The van der Waals surface area contributed by atoms with Gasteiger partial charge in [-0.1, -0.05) is 19.3 Å². The van der Waals surface area contributed by atoms with E-state index in [2.05, 4.69) is 27.6 Å². The lowest BCUT2D eigenvalue weighted by molar-refractivity contribution is 0.362. The topological polar surface area (TPSA) is 28.2 Å². The van der Waals surface area contributed by atoms with Gasteiger partial charge in [-0.25, -0.2) is 4.98 Å². The van der Waals surface area contributed by atoms with Gasteiger partial charge in [0.2, 0.25) is 0 Å². The van der Waals surface area contributed by atoms with E-state index >= 15 is 0 Å². The van der Waals surface area contributed by atoms with E-state index in [1.165, 1.54) is 43.8 Å². The Balaban J connectivity index is 1.86. The molecule has 0 spiro atoms. The molecule has 1 N–H and O–H groups in total. The molecule has 1 aromatic heterocycles. The number of anilines is 1. The Hall–Kier alpha value is -0.610. The van der Waals surface area contributed by atoms with Gasteiger partial charge < -0.3 is 10.2 Å². The minimum absolute atomic E-state index is 0.869. The molecule has 0 saturated heterocycles. The van der Waals surface area contributed by atoms with E-state index in [0.717, 1.165) is 18.2 Å². The van der Waals surface area contributed by atoms with E-state index in [1.807, 2.05) is 7.05 Å². The van der Waals surface area contributed by atoms with Crippen molar-refractivity contribution < 1.29 is 0 Å². The van der Waals surface area contributed by atoms with Crippen molar-refractivity contribution in [2.24, 2.45) is 5.92 Å². The molecule has 96 valence electrons. The zero-order chi connectivity index (χ0) is 12.1. The zero-order valence-electron chi connectivity index (χ0n) is 10.9. The molecule has 2 rings (SSSR count). The van der Waals surface area contributed by atoms with Gasteiger partial charge in [0.25, 0.3) is 0 Å². The van der Waals surface area contributed by atoms with Gasteiger partial charge in [-0.15, -0.1) is 11.3 Å². The monoisotopic (exact) mass is 253 g/mol. The molecular formula is C13H23N3S. The van der Waals surface area contributed by atoms with Gasteiger partial charge in [0.15, 0.2) is 5.13 Å². The fourth-order valence-corrected chi connectivity index (χ4v) is 3.37. The van der Waals surface area contributed by atoms with Gasteiger partial charge in [0, 0.05) is 25.5 Å². The van der Waals surface area contributed by atoms with Crippen LogP contribution in [0.4, 0.5) is 5.13 Å². The number of nitrogens with one attached hydrogen (secondary N) is 1. The maximum atomic E-state index is 4.65. The van der Waals surface area contributed by atoms with Crippen LogP contribution in [0.2, 0.25) is 0 Å². The summed E-state index contributed by atoms with van der Waals surface area (Å²) in [5.74, 6) is 0.880. The third kappa shape index (κ3) is 3.68. The predicted molar refractivity (Wildman–Crippen MR) is 74.7 cm³/mol. The van der Waals surface area contributed by atoms with E-state index in [1.54, 1.807) is 11.3 Å². The molecule has 0 aromatic carbocycles. The van der Waals surface area contributed by atoms with Crippen molar-refractivity contribution in [1.29, 1.82) is 0 Å². The number of nitrogens with zero attached hydrogens (tertiary/aromatic N) is 2. The van der Waals surface area contributed by atoms with Crippen LogP contribution < -0.4 is 10.2 Å². The molecule has 17 heavy (non-hydrogen) atoms. The van der Waals surface area contributed by atoms with E-state index in [4.69, 9.17) is 0 Å². The van der Waals surface area contributed by atoms with Gasteiger partial charge >= 0.3 is 0 Å². The second kappa shape index (κ2) is 6.36. The minimum Gasteiger partial charge on any atom is -0.351 e. The van der Waals surface area contributed by atoms with E-state index < -0.39 is 0 Å². The molecule has 1 aromatic rings. The molecule has 1 aliphatic carbocycles. The van der Waals surface area contributed by atoms with Crippen LogP contribution in [-0.2, 0) is 6.54 Å². The summed E-state index contributed by atoms with van der Waals surface area (Å²) in [5.41, 5.74) is 1.16. The van der Waals surface area contributed by atoms with Gasteiger partial charge in [-0.2, -0.15) is 0 Å². The summed E-state index contributed by atoms with van der Waals surface area (Å²) >= 11 is 1.76. The zero-order valence-corrected chi connectivity index (χ0v) is 11.7. The second-order valence-corrected chi connectivity index (χ2v) is 5.87. The first-order valence-electron chi connectivity index (χ1n) is 6.59. The Labute approximate surface area is 108 Å². The standard InChI is InChI=1S/C13H23N3S/c1-14-8-12-10-17-13(15-12)16(2)9-11-6-4-3-5-7-11/h10-11,14H,3-9H2,1-2H3. The molecule has 0 amide bonds. The lowest BCUT2D eigenvalue weighted by Gasteiger charge is -2.26. The smallest absolute Gasteiger partial charge is 0.185 e. The summed E-state index contributed by atoms with van der Waals surface area (Å²) in [5, 5.41) is 6.47. The molecular weight excluding hydrogens is 230 g/mol. The van der Waals surface area contributed by atoms with Crippen molar-refractivity contribution in [3.8, 4) is 0 Å². The van der Waals surface area contributed by atoms with Gasteiger partial charge in [-0.05, 0) is 25.8 Å². The van der Waals surface area contributed by atoms with Crippen LogP contribution in [0.3, 0.4) is 0 Å². The normalized spacial score (nSPS) is 17.3. The summed E-state index contributed by atoms with van der Waals surface area (Å²) in [6.07, 6.45) is 7.07. The highest BCUT2D eigenvalue weighted by molar-refractivity contribution is 7.13. The first-order valence-corrected chi connectivity index (χ1v) is 7.47. The molecule has 1 fully saturated rings. The van der Waals surface area contributed by atoms with Crippen LogP contribution in [0.25, 0.3) is 0 Å². The van der Waals surface area contributed by atoms with Crippen molar-refractivity contribution in [3.63, 3.8) is 0 Å². The van der Waals surface area contributed by atoms with Crippen molar-refractivity contribution >= 4 is 16.5 Å². The number of rotatable bonds is 5. The van der Waals surface area contributed by atoms with Gasteiger partial charge in [-0.3, -0.25) is 0 Å². The largest absolute Gasteiger partial charge is 0.351 e. The average molecular weight is 253 g/mol. The van der Waals surface area contributed by atoms with Crippen molar-refractivity contribution in [2.45, 2.75) is 38.6 Å². The molecule has 0 bridgehead atoms. The summed E-state index contributed by atoms with van der Waals surface area (Å²) in [4.78, 5) is 6.98. The molecule has 1 saturated carbocycles. The Bertz CT molecular complexity index is 331. The predicted octanol–water partition coefficient (Wildman–Crippen LogP) is 2.88. The third-order valence-corrected chi connectivity index (χ3v) is 4.48. The molecule has 0 unspecified atom stereocenters. The van der Waals surface area contributed by atoms with Crippen molar-refractivity contribution in [2.75, 3.05) is 25.5 Å². The molecule has 4 heteroatoms. The quantitative estimate of drug-likeness (QED) is 0.874. The maximum Gasteiger partial charge on any atom is 0.185 e. The molecule has 0 aliphatic heterocycles. The van der Waals surface area contributed by atoms with Crippen LogP contribution in [0.15, 0.2) is 5.38 Å². The Morgan fingerprint density at radius 3 is 2.88 bits per heavy atom. The highest BCUT2D eigenvalue weighted by atomic mass is 32.1. The second-order valence-electron chi connectivity index (χ2n) is 5.04. The number of aromatic nitrogens is 1. The van der Waals surface area contributed by atoms with Crippen molar-refractivity contribution in [1.82, 2.24) is 10.3 Å². The Kier molecular flexibility index (Phi) is 4.80. The van der Waals surface area contributed by atoms with E-state index in [-0.39, 0.29) is 0 Å². The fraction of sp³-hybridized carbons (Fsp3) is 0.769. The average Bonchev–Trinajstić information content (AvgIpc) is 2.79. The molecule has 3 nitrogen and oxygen atoms in total. The Morgan fingerprint density at radius 2 is 2.18 bits per heavy atom. The first-order chi connectivity index (χ1) is 8.29. The summed E-state index contributed by atoms with van der Waals surface area (Å²) in [6, 6.07) is 0. The van der Waals surface area contributed by atoms with E-state index in [9.17, 15) is 0 Å². The summed E-state index contributed by atoms with van der Waals surface area (Å²) in [7, 11) is 4.14. The Morgan fingerprint density at radius 1 is 1.41 bits per heavy atom. The lowest BCUT2D eigenvalue weighted by Crippen LogP contribution is -2.26. The number of hydrogen-bond donors (Lipinski definition) is 1. The molecule has 1 heterocycles. The highest BCUT2D eigenvalue weighted by Gasteiger charge is 2.16. The van der Waals surface area contributed by atoms with Crippen LogP contribution in [0.5, 0.6) is 0 Å². The summed E-state index contributed by atoms with van der Waals surface area (Å²) in [6.45, 7) is 2.04. The fourth-order valence-electron chi connectivity index (χ4n) is 2.57. The highest BCUT2D eigenvalue weighted by Crippen LogP contribution is 2.27. The first kappa shape index (κ1) is 12.8. The lowest BCUT2D eigenvalue weighted by atomic mass is 9.89. The summed E-state index contributed by atoms with van der Waals surface area (Å²) < 4.78 is 0. The van der Waals surface area contributed by atoms with Gasteiger partial charge in [0.1, 0.15) is 0 Å². The SMILES string of the molecule is CNCc1csc(N(C)CC2CCCCC2)n1. The minimum atomic E-state index is 0.869. The van der Waals surface area contributed by atoms with Crippen LogP contribution in [0, 0.1) is 5.92 Å². The van der Waals surface area contributed by atoms with Crippen LogP contribution in [0.1, 0.15) is 37.8 Å². The third-order valence-electron chi connectivity index (χ3n) is 3.48. The van der Waals surface area contributed by atoms with Gasteiger partial charge in [0.05, 0.1) is 5.69 Å². The van der Waals surface area contributed by atoms with E-state index in [0.29, 0.717) is 0 Å². The molecule has 1 aliphatic rings. The van der Waals surface area contributed by atoms with Crippen LogP contribution >= 0.6 is 11.3 Å². The number of thiazole rings is 1. The number of hydrogen-bond acceptors (Lipinski definition) is 4. The molecule has 0 radical (unpaired) electrons.